The summed E-state index contributed by atoms with van der Waals surface area (Å²) in [6.07, 6.45) is 4.86. The van der Waals surface area contributed by atoms with Gasteiger partial charge in [-0.15, -0.1) is 0 Å². The summed E-state index contributed by atoms with van der Waals surface area (Å²) >= 11 is 0. The number of nitrogen functional groups attached to an aromatic ring is 1. The standard InChI is InChI=1S/C21H26N8O4/c1-27-9-12(22)6-15(27)20(32)25-14-8-17(29(3)11-14)21(33)26-13-7-16(28(2)10-13)19(31)24-5-4-18(23)30/h6-11H,4-5,22H2,1-3H3,(H2,23,30)(H,24,31)(H,25,32)(H,26,33). The van der Waals surface area contributed by atoms with Crippen LogP contribution in [-0.4, -0.2) is 43.9 Å². The van der Waals surface area contributed by atoms with E-state index in [1.807, 2.05) is 0 Å². The fourth-order valence-electron chi connectivity index (χ4n) is 3.31. The van der Waals surface area contributed by atoms with Crippen molar-refractivity contribution in [1.29, 1.82) is 0 Å². The Hall–Kier alpha value is -4.48. The molecule has 0 fully saturated rings. The number of nitrogens with zero attached hydrogens (tertiary/aromatic N) is 3. The van der Waals surface area contributed by atoms with E-state index in [2.05, 4.69) is 16.0 Å². The Kier molecular flexibility index (Phi) is 6.56. The second-order valence-electron chi connectivity index (χ2n) is 7.60. The first-order valence-electron chi connectivity index (χ1n) is 9.99. The van der Waals surface area contributed by atoms with Crippen LogP contribution in [0.3, 0.4) is 0 Å². The highest BCUT2D eigenvalue weighted by Crippen LogP contribution is 2.19. The van der Waals surface area contributed by atoms with E-state index in [-0.39, 0.29) is 18.9 Å². The van der Waals surface area contributed by atoms with Gasteiger partial charge in [0, 0.05) is 52.7 Å². The second-order valence-corrected chi connectivity index (χ2v) is 7.60. The molecule has 33 heavy (non-hydrogen) atoms. The summed E-state index contributed by atoms with van der Waals surface area (Å²) in [5.41, 5.74) is 13.1. The van der Waals surface area contributed by atoms with Crippen molar-refractivity contribution >= 4 is 40.7 Å². The summed E-state index contributed by atoms with van der Waals surface area (Å²) in [7, 11) is 5.04. The molecule has 0 bridgehead atoms. The molecule has 3 aromatic heterocycles. The van der Waals surface area contributed by atoms with Gasteiger partial charge in [0.25, 0.3) is 17.7 Å². The second kappa shape index (κ2) is 9.34. The molecule has 12 nitrogen and oxygen atoms in total. The highest BCUT2D eigenvalue weighted by molar-refractivity contribution is 6.07. The van der Waals surface area contributed by atoms with Crippen LogP contribution in [0.25, 0.3) is 0 Å². The molecule has 3 rings (SSSR count). The third-order valence-corrected chi connectivity index (χ3v) is 4.91. The van der Waals surface area contributed by atoms with Gasteiger partial charge >= 0.3 is 0 Å². The van der Waals surface area contributed by atoms with Crippen LogP contribution in [0.15, 0.2) is 36.8 Å². The molecular weight excluding hydrogens is 428 g/mol. The lowest BCUT2D eigenvalue weighted by Gasteiger charge is -2.04. The summed E-state index contributed by atoms with van der Waals surface area (Å²) in [6, 6.07) is 4.62. The number of anilines is 3. The maximum absolute atomic E-state index is 12.8. The van der Waals surface area contributed by atoms with Gasteiger partial charge in [0.1, 0.15) is 17.1 Å². The zero-order valence-corrected chi connectivity index (χ0v) is 18.5. The molecule has 0 spiro atoms. The average Bonchev–Trinajstić information content (AvgIpc) is 3.37. The highest BCUT2D eigenvalue weighted by Gasteiger charge is 2.18. The van der Waals surface area contributed by atoms with Crippen molar-refractivity contribution < 1.29 is 19.2 Å². The maximum atomic E-state index is 12.8. The molecule has 3 heterocycles. The first kappa shape index (κ1) is 23.2. The Labute approximate surface area is 189 Å². The molecular formula is C21H26N8O4. The van der Waals surface area contributed by atoms with Crippen LogP contribution in [0, 0.1) is 0 Å². The smallest absolute Gasteiger partial charge is 0.272 e. The van der Waals surface area contributed by atoms with Crippen molar-refractivity contribution in [2.24, 2.45) is 26.9 Å². The summed E-state index contributed by atoms with van der Waals surface area (Å²) in [4.78, 5) is 48.3. The Morgan fingerprint density at radius 2 is 1.21 bits per heavy atom. The van der Waals surface area contributed by atoms with Gasteiger partial charge in [0.05, 0.1) is 17.1 Å². The number of nitrogens with one attached hydrogen (secondary N) is 3. The number of hydrogen-bond donors (Lipinski definition) is 5. The molecule has 12 heteroatoms. The van der Waals surface area contributed by atoms with Gasteiger partial charge < -0.3 is 41.1 Å². The zero-order chi connectivity index (χ0) is 24.3. The van der Waals surface area contributed by atoms with Crippen molar-refractivity contribution in [3.63, 3.8) is 0 Å². The van der Waals surface area contributed by atoms with E-state index in [1.54, 1.807) is 65.6 Å². The van der Waals surface area contributed by atoms with E-state index < -0.39 is 17.7 Å². The largest absolute Gasteiger partial charge is 0.397 e. The first-order chi connectivity index (χ1) is 15.5. The topological polar surface area (TPSA) is 171 Å². The Morgan fingerprint density at radius 3 is 1.67 bits per heavy atom. The van der Waals surface area contributed by atoms with Crippen molar-refractivity contribution in [3.8, 4) is 0 Å². The van der Waals surface area contributed by atoms with Gasteiger partial charge in [-0.1, -0.05) is 0 Å². The molecule has 0 radical (unpaired) electrons. The van der Waals surface area contributed by atoms with Gasteiger partial charge in [0.2, 0.25) is 5.91 Å². The number of primary amides is 1. The Morgan fingerprint density at radius 1 is 0.758 bits per heavy atom. The van der Waals surface area contributed by atoms with Crippen LogP contribution >= 0.6 is 0 Å². The average molecular weight is 454 g/mol. The van der Waals surface area contributed by atoms with Gasteiger partial charge in [-0.05, 0) is 18.2 Å². The fourth-order valence-corrected chi connectivity index (χ4v) is 3.31. The molecule has 0 unspecified atom stereocenters. The molecule has 3 aromatic rings. The monoisotopic (exact) mass is 454 g/mol. The minimum Gasteiger partial charge on any atom is -0.397 e. The minimum atomic E-state index is -0.513. The van der Waals surface area contributed by atoms with Gasteiger partial charge in [-0.2, -0.15) is 0 Å². The third kappa shape index (κ3) is 5.42. The van der Waals surface area contributed by atoms with E-state index in [9.17, 15) is 19.2 Å². The van der Waals surface area contributed by atoms with Crippen LogP contribution in [0.5, 0.6) is 0 Å². The quantitative estimate of drug-likeness (QED) is 0.331. The van der Waals surface area contributed by atoms with Crippen LogP contribution < -0.4 is 27.4 Å². The first-order valence-corrected chi connectivity index (χ1v) is 9.99. The van der Waals surface area contributed by atoms with E-state index in [0.717, 1.165) is 0 Å². The van der Waals surface area contributed by atoms with E-state index in [0.29, 0.717) is 34.1 Å². The van der Waals surface area contributed by atoms with E-state index in [1.165, 1.54) is 6.07 Å². The number of rotatable bonds is 8. The predicted octanol–water partition coefficient (Wildman–Crippen LogP) is 0.394. The van der Waals surface area contributed by atoms with Gasteiger partial charge in [-0.3, -0.25) is 19.2 Å². The molecule has 0 saturated heterocycles. The SMILES string of the molecule is Cn1cc(NC(=O)c2cc(NC(=O)c3cc(N)cn3C)cn2C)cc1C(=O)NCCC(N)=O. The molecule has 4 amide bonds. The number of nitrogens with two attached hydrogens (primary N) is 2. The Bertz CT molecular complexity index is 1230. The van der Waals surface area contributed by atoms with Gasteiger partial charge in [-0.25, -0.2) is 0 Å². The number of aryl methyl sites for hydroxylation is 3. The lowest BCUT2D eigenvalue weighted by atomic mass is 10.3. The molecule has 0 aliphatic rings. The fraction of sp³-hybridized carbons (Fsp3) is 0.238. The summed E-state index contributed by atoms with van der Waals surface area (Å²) < 4.78 is 4.74. The predicted molar refractivity (Wildman–Crippen MR) is 123 cm³/mol. The minimum absolute atomic E-state index is 0.0313. The van der Waals surface area contributed by atoms with E-state index >= 15 is 0 Å². The van der Waals surface area contributed by atoms with Gasteiger partial charge in [0.15, 0.2) is 0 Å². The summed E-state index contributed by atoms with van der Waals surface area (Å²) in [6.45, 7) is 0.119. The molecule has 0 aliphatic heterocycles. The third-order valence-electron chi connectivity index (χ3n) is 4.91. The maximum Gasteiger partial charge on any atom is 0.272 e. The summed E-state index contributed by atoms with van der Waals surface area (Å²) in [5.74, 6) is -1.69. The van der Waals surface area contributed by atoms with Crippen molar-refractivity contribution in [2.75, 3.05) is 22.9 Å². The lowest BCUT2D eigenvalue weighted by molar-refractivity contribution is -0.117. The van der Waals surface area contributed by atoms with E-state index in [4.69, 9.17) is 11.5 Å². The highest BCUT2D eigenvalue weighted by atomic mass is 16.2. The number of amides is 4. The molecule has 0 aromatic carbocycles. The number of hydrogen-bond acceptors (Lipinski definition) is 5. The van der Waals surface area contributed by atoms with Crippen LogP contribution in [0.2, 0.25) is 0 Å². The summed E-state index contributed by atoms with van der Waals surface area (Å²) in [5, 5.41) is 8.07. The van der Waals surface area contributed by atoms with Crippen LogP contribution in [0.4, 0.5) is 17.1 Å². The molecule has 7 N–H and O–H groups in total. The number of carbonyl (C=O) groups is 4. The van der Waals surface area contributed by atoms with Crippen molar-refractivity contribution in [3.05, 3.63) is 53.9 Å². The Balaban J connectivity index is 1.67. The van der Waals surface area contributed by atoms with Crippen LogP contribution in [0.1, 0.15) is 37.9 Å². The normalized spacial score (nSPS) is 10.6. The molecule has 0 atom stereocenters. The van der Waals surface area contributed by atoms with Crippen molar-refractivity contribution in [2.45, 2.75) is 6.42 Å². The molecule has 0 aliphatic carbocycles. The lowest BCUT2D eigenvalue weighted by Crippen LogP contribution is -2.29. The van der Waals surface area contributed by atoms with Crippen molar-refractivity contribution in [1.82, 2.24) is 19.0 Å². The number of carbonyl (C=O) groups excluding carboxylic acids is 4. The number of aromatic nitrogens is 3. The molecule has 174 valence electrons. The van der Waals surface area contributed by atoms with Crippen LogP contribution in [-0.2, 0) is 25.9 Å². The molecule has 0 saturated carbocycles. The zero-order valence-electron chi connectivity index (χ0n) is 18.5.